The minimum absolute atomic E-state index is 0. The summed E-state index contributed by atoms with van der Waals surface area (Å²) in [7, 11) is 0. The molecule has 0 aromatic heterocycles. The molecule has 0 saturated heterocycles. The second kappa shape index (κ2) is 9.88. The van der Waals surface area contributed by atoms with Crippen molar-refractivity contribution in [1.82, 2.24) is 0 Å². The number of quaternary nitrogens is 1. The quantitative estimate of drug-likeness (QED) is 0.467. The van der Waals surface area contributed by atoms with Crippen molar-refractivity contribution < 1.29 is 5.73 Å². The Labute approximate surface area is 37.0 Å². The van der Waals surface area contributed by atoms with Crippen LogP contribution >= 0.6 is 17.0 Å². The summed E-state index contributed by atoms with van der Waals surface area (Å²) in [5.74, 6) is 0. The van der Waals surface area contributed by atoms with E-state index in [2.05, 4.69) is 5.73 Å². The molecule has 0 saturated carbocycles. The molecule has 0 aromatic carbocycles. The Hall–Kier alpha value is 0.440. The van der Waals surface area contributed by atoms with E-state index >= 15 is 0 Å². The zero-order chi connectivity index (χ0) is 2.71. The molecule has 0 bridgehead atoms. The Balaban J connectivity index is 0. The third-order valence-electron chi connectivity index (χ3n) is 0. The van der Waals surface area contributed by atoms with E-state index in [1.807, 2.05) is 6.92 Å². The zero-order valence-corrected chi connectivity index (χ0v) is 4.54. The van der Waals surface area contributed by atoms with Crippen LogP contribution in [-0.2, 0) is 0 Å². The van der Waals surface area contributed by atoms with Crippen LogP contribution in [-0.4, -0.2) is 6.54 Å². The van der Waals surface area contributed by atoms with Gasteiger partial charge in [-0.2, -0.15) is 0 Å². The SMILES string of the molecule is Br.CC[NH3+]. The van der Waals surface area contributed by atoms with Gasteiger partial charge in [0.25, 0.3) is 0 Å². The normalized spacial score (nSPS) is 4.50. The first kappa shape index (κ1) is 8.83. The van der Waals surface area contributed by atoms with Crippen molar-refractivity contribution in [3.63, 3.8) is 0 Å². The fraction of sp³-hybridized carbons (Fsp3) is 1.00. The van der Waals surface area contributed by atoms with Crippen molar-refractivity contribution in [1.29, 1.82) is 0 Å². The summed E-state index contributed by atoms with van der Waals surface area (Å²) in [5.41, 5.74) is 3.49. The maximum absolute atomic E-state index is 3.49. The average molecular weight is 127 g/mol. The van der Waals surface area contributed by atoms with Gasteiger partial charge in [-0.25, -0.2) is 0 Å². The molecule has 0 aliphatic carbocycles. The van der Waals surface area contributed by atoms with Crippen LogP contribution < -0.4 is 5.73 Å². The fourth-order valence-corrected chi connectivity index (χ4v) is 0. The van der Waals surface area contributed by atoms with Gasteiger partial charge in [-0.05, 0) is 6.92 Å². The zero-order valence-electron chi connectivity index (χ0n) is 2.82. The standard InChI is InChI=1S/C2H7N.BrH/c1-2-3;/h2-3H2,1H3;1H/p+1. The van der Waals surface area contributed by atoms with Crippen LogP contribution in [0.5, 0.6) is 0 Å². The molecule has 0 rings (SSSR count). The van der Waals surface area contributed by atoms with Gasteiger partial charge in [0.05, 0.1) is 6.54 Å². The van der Waals surface area contributed by atoms with Crippen LogP contribution in [0, 0.1) is 0 Å². The second-order valence-electron chi connectivity index (χ2n) is 0.500. The van der Waals surface area contributed by atoms with Gasteiger partial charge in [-0.1, -0.05) is 0 Å². The lowest BCUT2D eigenvalue weighted by Crippen LogP contribution is -2.48. The highest BCUT2D eigenvalue weighted by molar-refractivity contribution is 8.93. The topological polar surface area (TPSA) is 27.6 Å². The molecule has 4 heavy (non-hydrogen) atoms. The van der Waals surface area contributed by atoms with Gasteiger partial charge in [0.1, 0.15) is 0 Å². The lowest BCUT2D eigenvalue weighted by molar-refractivity contribution is -0.361. The summed E-state index contributed by atoms with van der Waals surface area (Å²) < 4.78 is 0. The van der Waals surface area contributed by atoms with Gasteiger partial charge in [0.2, 0.25) is 0 Å². The van der Waals surface area contributed by atoms with Crippen molar-refractivity contribution in [2.45, 2.75) is 6.92 Å². The molecule has 0 atom stereocenters. The lowest BCUT2D eigenvalue weighted by atomic mass is 10.8. The van der Waals surface area contributed by atoms with Gasteiger partial charge in [-0.3, -0.25) is 0 Å². The molecular weight excluding hydrogens is 118 g/mol. The highest BCUT2D eigenvalue weighted by atomic mass is 79.9. The first-order valence-corrected chi connectivity index (χ1v) is 1.21. The first-order valence-electron chi connectivity index (χ1n) is 1.21. The van der Waals surface area contributed by atoms with E-state index in [0.29, 0.717) is 0 Å². The first-order chi connectivity index (χ1) is 1.41. The molecule has 2 heteroatoms. The van der Waals surface area contributed by atoms with E-state index in [0.717, 1.165) is 6.54 Å². The molecular formula is C2H9BrN+. The van der Waals surface area contributed by atoms with Crippen molar-refractivity contribution in [3.05, 3.63) is 0 Å². The van der Waals surface area contributed by atoms with Crippen molar-refractivity contribution in [2.24, 2.45) is 0 Å². The van der Waals surface area contributed by atoms with Crippen molar-refractivity contribution in [3.8, 4) is 0 Å². The third kappa shape index (κ3) is 26.1. The lowest BCUT2D eigenvalue weighted by Gasteiger charge is -1.49. The van der Waals surface area contributed by atoms with Crippen molar-refractivity contribution >= 4 is 17.0 Å². The molecule has 0 aliphatic rings. The van der Waals surface area contributed by atoms with Crippen LogP contribution in [0.4, 0.5) is 0 Å². The molecule has 0 unspecified atom stereocenters. The summed E-state index contributed by atoms with van der Waals surface area (Å²) in [4.78, 5) is 0. The molecule has 28 valence electrons. The Bertz CT molecular complexity index is 6.00. The highest BCUT2D eigenvalue weighted by Crippen LogP contribution is 1.13. The van der Waals surface area contributed by atoms with Gasteiger partial charge >= 0.3 is 0 Å². The Morgan fingerprint density at radius 1 is 1.75 bits per heavy atom. The molecule has 3 N–H and O–H groups in total. The monoisotopic (exact) mass is 126 g/mol. The summed E-state index contributed by atoms with van der Waals surface area (Å²) in [6.07, 6.45) is 0. The van der Waals surface area contributed by atoms with Gasteiger partial charge < -0.3 is 5.73 Å². The summed E-state index contributed by atoms with van der Waals surface area (Å²) >= 11 is 0. The molecule has 0 aliphatic heterocycles. The molecule has 0 amide bonds. The summed E-state index contributed by atoms with van der Waals surface area (Å²) in [5, 5.41) is 0. The van der Waals surface area contributed by atoms with Gasteiger partial charge in [0.15, 0.2) is 0 Å². The molecule has 0 fully saturated rings. The van der Waals surface area contributed by atoms with E-state index in [4.69, 9.17) is 0 Å². The number of hydrogen-bond acceptors (Lipinski definition) is 0. The molecule has 0 heterocycles. The van der Waals surface area contributed by atoms with E-state index in [9.17, 15) is 0 Å². The maximum atomic E-state index is 3.49. The summed E-state index contributed by atoms with van der Waals surface area (Å²) in [6, 6.07) is 0. The van der Waals surface area contributed by atoms with E-state index in [1.54, 1.807) is 0 Å². The van der Waals surface area contributed by atoms with Gasteiger partial charge in [-0.15, -0.1) is 17.0 Å². The third-order valence-corrected chi connectivity index (χ3v) is 0. The number of halogens is 1. The Morgan fingerprint density at radius 3 is 1.75 bits per heavy atom. The fourth-order valence-electron chi connectivity index (χ4n) is 0. The average Bonchev–Trinajstić information content (AvgIpc) is 0.918. The Kier molecular flexibility index (Phi) is 21.8. The largest absolute Gasteiger partial charge is 0.358 e. The summed E-state index contributed by atoms with van der Waals surface area (Å²) in [6.45, 7) is 3.01. The highest BCUT2D eigenvalue weighted by Gasteiger charge is 1.37. The Morgan fingerprint density at radius 2 is 1.75 bits per heavy atom. The van der Waals surface area contributed by atoms with Crippen LogP contribution in [0.15, 0.2) is 0 Å². The molecule has 0 radical (unpaired) electrons. The van der Waals surface area contributed by atoms with E-state index in [1.165, 1.54) is 0 Å². The second-order valence-corrected chi connectivity index (χ2v) is 0.500. The van der Waals surface area contributed by atoms with Crippen LogP contribution in [0.3, 0.4) is 0 Å². The van der Waals surface area contributed by atoms with E-state index < -0.39 is 0 Å². The predicted octanol–water partition coefficient (Wildman–Crippen LogP) is -0.174. The predicted molar refractivity (Wildman–Crippen MR) is 23.8 cm³/mol. The van der Waals surface area contributed by atoms with Crippen LogP contribution in [0.1, 0.15) is 6.92 Å². The van der Waals surface area contributed by atoms with Crippen LogP contribution in [0.25, 0.3) is 0 Å². The molecule has 0 spiro atoms. The number of hydrogen-bond donors (Lipinski definition) is 1. The maximum Gasteiger partial charge on any atom is 0.0711 e. The van der Waals surface area contributed by atoms with Crippen molar-refractivity contribution in [2.75, 3.05) is 6.54 Å². The minimum atomic E-state index is 0. The minimum Gasteiger partial charge on any atom is -0.358 e. The number of rotatable bonds is 0. The van der Waals surface area contributed by atoms with Crippen LogP contribution in [0.2, 0.25) is 0 Å². The smallest absolute Gasteiger partial charge is 0.0711 e. The molecule has 1 nitrogen and oxygen atoms in total. The van der Waals surface area contributed by atoms with E-state index in [-0.39, 0.29) is 17.0 Å². The molecule has 0 aromatic rings. The van der Waals surface area contributed by atoms with Gasteiger partial charge in [0, 0.05) is 0 Å².